The highest BCUT2D eigenvalue weighted by Crippen LogP contribution is 2.11. The molecule has 0 spiro atoms. The number of aromatic hydroxyl groups is 1. The van der Waals surface area contributed by atoms with E-state index in [0.29, 0.717) is 5.56 Å². The van der Waals surface area contributed by atoms with Gasteiger partial charge in [-0.2, -0.15) is 0 Å². The van der Waals surface area contributed by atoms with Gasteiger partial charge in [-0.15, -0.1) is 0 Å². The van der Waals surface area contributed by atoms with E-state index >= 15 is 0 Å². The van der Waals surface area contributed by atoms with Crippen molar-refractivity contribution in [1.29, 1.82) is 0 Å². The molecule has 0 radical (unpaired) electrons. The van der Waals surface area contributed by atoms with Gasteiger partial charge in [0.25, 0.3) is 0 Å². The maximum atomic E-state index is 13.2. The molecule has 0 aromatic heterocycles. The van der Waals surface area contributed by atoms with Crippen LogP contribution in [0.1, 0.15) is 45.1 Å². The smallest absolute Gasteiger partial charge is 0.326 e. The minimum absolute atomic E-state index is 0.00674. The van der Waals surface area contributed by atoms with E-state index in [4.69, 9.17) is 17.2 Å². The van der Waals surface area contributed by atoms with Crippen molar-refractivity contribution in [3.05, 3.63) is 29.8 Å². The van der Waals surface area contributed by atoms with Crippen LogP contribution in [-0.4, -0.2) is 81.7 Å². The lowest BCUT2D eigenvalue weighted by atomic mass is 10.0. The molecule has 1 aromatic carbocycles. The van der Waals surface area contributed by atoms with Crippen LogP contribution in [-0.2, 0) is 30.4 Å². The zero-order valence-corrected chi connectivity index (χ0v) is 22.5. The van der Waals surface area contributed by atoms with Gasteiger partial charge in [0, 0.05) is 6.54 Å². The van der Waals surface area contributed by atoms with E-state index in [1.54, 1.807) is 26.0 Å². The Hall–Kier alpha value is -4.40. The summed E-state index contributed by atoms with van der Waals surface area (Å²) in [7, 11) is 0. The Morgan fingerprint density at radius 3 is 1.95 bits per heavy atom. The molecule has 0 saturated carbocycles. The lowest BCUT2D eigenvalue weighted by molar-refractivity contribution is -0.144. The van der Waals surface area contributed by atoms with Gasteiger partial charge in [0.15, 0.2) is 5.96 Å². The molecule has 12 N–H and O–H groups in total. The molecule has 1 aromatic rings. The number of carboxylic acid groups (broad SMARTS) is 2. The number of nitrogens with zero attached hydrogens (tertiary/aromatic N) is 1. The van der Waals surface area contributed by atoms with E-state index in [1.807, 2.05) is 0 Å². The topological polar surface area (TPSA) is 273 Å². The Morgan fingerprint density at radius 2 is 1.43 bits per heavy atom. The zero-order valence-electron chi connectivity index (χ0n) is 22.5. The Labute approximate surface area is 231 Å². The Balaban J connectivity index is 3.05. The molecule has 0 fully saturated rings. The van der Waals surface area contributed by atoms with Crippen molar-refractivity contribution in [2.45, 2.75) is 70.1 Å². The number of aliphatic imine (C=N–C) groups is 1. The first-order valence-corrected chi connectivity index (χ1v) is 12.6. The third-order valence-corrected chi connectivity index (χ3v) is 5.64. The van der Waals surface area contributed by atoms with Crippen LogP contribution in [0.5, 0.6) is 5.75 Å². The van der Waals surface area contributed by atoms with Crippen molar-refractivity contribution in [1.82, 2.24) is 16.0 Å². The molecule has 15 nitrogen and oxygen atoms in total. The molecule has 3 amide bonds. The quantitative estimate of drug-likeness (QED) is 0.0587. The number of carbonyl (C=O) groups is 5. The van der Waals surface area contributed by atoms with Crippen molar-refractivity contribution < 1.29 is 39.3 Å². The van der Waals surface area contributed by atoms with Crippen LogP contribution in [0.4, 0.5) is 0 Å². The standard InChI is InChI=1S/C25H39N7O8/c1-13(2)10-19(24(39)40)32-23(38)18(12-20(34)35)31-22(37)17(4-3-9-29-25(27)28)30-21(36)16(26)11-14-5-7-15(33)8-6-14/h5-8,13,16-19,33H,3-4,9-12,26H2,1-2H3,(H,30,36)(H,31,37)(H,32,38)(H,34,35)(H,39,40)(H4,27,28,29). The number of phenolic OH excluding ortho intramolecular Hbond substituents is 1. The number of carboxylic acids is 2. The van der Waals surface area contributed by atoms with Crippen LogP contribution in [0.2, 0.25) is 0 Å². The molecule has 0 bridgehead atoms. The summed E-state index contributed by atoms with van der Waals surface area (Å²) < 4.78 is 0. The lowest BCUT2D eigenvalue weighted by Crippen LogP contribution is -2.57. The van der Waals surface area contributed by atoms with Crippen molar-refractivity contribution in [3.8, 4) is 5.75 Å². The van der Waals surface area contributed by atoms with Crippen molar-refractivity contribution >= 4 is 35.6 Å². The summed E-state index contributed by atoms with van der Waals surface area (Å²) >= 11 is 0. The van der Waals surface area contributed by atoms with E-state index < -0.39 is 60.2 Å². The summed E-state index contributed by atoms with van der Waals surface area (Å²) in [6, 6.07) is 0.787. The number of carbonyl (C=O) groups excluding carboxylic acids is 3. The average molecular weight is 566 g/mol. The number of rotatable bonds is 17. The monoisotopic (exact) mass is 565 g/mol. The predicted octanol–water partition coefficient (Wildman–Crippen LogP) is -1.62. The minimum atomic E-state index is -1.62. The van der Waals surface area contributed by atoms with Crippen LogP contribution in [0.3, 0.4) is 0 Å². The minimum Gasteiger partial charge on any atom is -0.508 e. The highest BCUT2D eigenvalue weighted by molar-refractivity contribution is 5.95. The Bertz CT molecular complexity index is 1060. The third kappa shape index (κ3) is 12.9. The Kier molecular flexibility index (Phi) is 13.9. The van der Waals surface area contributed by atoms with Gasteiger partial charge in [-0.05, 0) is 49.3 Å². The SMILES string of the molecule is CC(C)CC(NC(=O)C(CC(=O)O)NC(=O)C(CCCN=C(N)N)NC(=O)C(N)Cc1ccc(O)cc1)C(=O)O. The summed E-state index contributed by atoms with van der Waals surface area (Å²) in [6.07, 6.45) is -0.426. The summed E-state index contributed by atoms with van der Waals surface area (Å²) in [5.74, 6) is -5.53. The number of nitrogens with two attached hydrogens (primary N) is 3. The van der Waals surface area contributed by atoms with Gasteiger partial charge in [-0.25, -0.2) is 4.79 Å². The van der Waals surface area contributed by atoms with Gasteiger partial charge in [-0.3, -0.25) is 24.2 Å². The molecule has 40 heavy (non-hydrogen) atoms. The van der Waals surface area contributed by atoms with Crippen LogP contribution >= 0.6 is 0 Å². The number of hydrogen-bond acceptors (Lipinski definition) is 8. The van der Waals surface area contributed by atoms with Crippen LogP contribution in [0, 0.1) is 5.92 Å². The number of aliphatic carboxylic acids is 2. The van der Waals surface area contributed by atoms with Gasteiger partial charge in [-0.1, -0.05) is 26.0 Å². The summed E-state index contributed by atoms with van der Waals surface area (Å²) in [4.78, 5) is 65.6. The fourth-order valence-corrected chi connectivity index (χ4v) is 3.65. The van der Waals surface area contributed by atoms with E-state index in [-0.39, 0.29) is 49.9 Å². The first-order valence-electron chi connectivity index (χ1n) is 12.6. The molecular weight excluding hydrogens is 526 g/mol. The summed E-state index contributed by atoms with van der Waals surface area (Å²) in [5, 5.41) is 35.2. The van der Waals surface area contributed by atoms with Crippen molar-refractivity contribution in [2.75, 3.05) is 6.54 Å². The third-order valence-electron chi connectivity index (χ3n) is 5.64. The number of nitrogens with one attached hydrogen (secondary N) is 3. The fraction of sp³-hybridized carbons (Fsp3) is 0.520. The fourth-order valence-electron chi connectivity index (χ4n) is 3.65. The summed E-state index contributed by atoms with van der Waals surface area (Å²) in [6.45, 7) is 3.62. The largest absolute Gasteiger partial charge is 0.508 e. The molecule has 4 unspecified atom stereocenters. The Morgan fingerprint density at radius 1 is 0.875 bits per heavy atom. The number of benzene rings is 1. The highest BCUT2D eigenvalue weighted by atomic mass is 16.4. The predicted molar refractivity (Wildman–Crippen MR) is 145 cm³/mol. The number of amides is 3. The number of hydrogen-bond donors (Lipinski definition) is 9. The molecule has 222 valence electrons. The summed E-state index contributed by atoms with van der Waals surface area (Å²) in [5.41, 5.74) is 17.3. The maximum Gasteiger partial charge on any atom is 0.326 e. The molecule has 15 heteroatoms. The zero-order chi connectivity index (χ0) is 30.4. The molecule has 4 atom stereocenters. The van der Waals surface area contributed by atoms with E-state index in [9.17, 15) is 39.3 Å². The maximum absolute atomic E-state index is 13.2. The molecule has 0 saturated heterocycles. The second kappa shape index (κ2) is 16.5. The highest BCUT2D eigenvalue weighted by Gasteiger charge is 2.31. The van der Waals surface area contributed by atoms with Crippen LogP contribution in [0.15, 0.2) is 29.3 Å². The van der Waals surface area contributed by atoms with Crippen molar-refractivity contribution in [3.63, 3.8) is 0 Å². The first kappa shape index (κ1) is 33.6. The normalized spacial score (nSPS) is 13.8. The molecule has 0 aliphatic carbocycles. The lowest BCUT2D eigenvalue weighted by Gasteiger charge is -2.25. The van der Waals surface area contributed by atoms with Gasteiger partial charge >= 0.3 is 11.9 Å². The first-order chi connectivity index (χ1) is 18.7. The van der Waals surface area contributed by atoms with Gasteiger partial charge in [0.05, 0.1) is 12.5 Å². The van der Waals surface area contributed by atoms with E-state index in [2.05, 4.69) is 20.9 Å². The average Bonchev–Trinajstić information content (AvgIpc) is 2.85. The van der Waals surface area contributed by atoms with E-state index in [0.717, 1.165) is 0 Å². The second-order valence-corrected chi connectivity index (χ2v) is 9.68. The van der Waals surface area contributed by atoms with Gasteiger partial charge in [0.1, 0.15) is 23.9 Å². The molecular formula is C25H39N7O8. The van der Waals surface area contributed by atoms with E-state index in [1.165, 1.54) is 12.1 Å². The number of guanidine groups is 1. The second-order valence-electron chi connectivity index (χ2n) is 9.68. The van der Waals surface area contributed by atoms with Gasteiger partial charge in [0.2, 0.25) is 17.7 Å². The van der Waals surface area contributed by atoms with Crippen LogP contribution < -0.4 is 33.2 Å². The molecule has 0 aliphatic rings. The van der Waals surface area contributed by atoms with Crippen LogP contribution in [0.25, 0.3) is 0 Å². The van der Waals surface area contributed by atoms with Crippen molar-refractivity contribution in [2.24, 2.45) is 28.1 Å². The molecule has 0 heterocycles. The molecule has 1 rings (SSSR count). The number of phenols is 1. The van der Waals surface area contributed by atoms with Gasteiger partial charge < -0.3 is 48.5 Å². The molecule has 0 aliphatic heterocycles.